The molecule has 3 aliphatic carbocycles. The van der Waals surface area contributed by atoms with E-state index in [2.05, 4.69) is 6.58 Å². The monoisotopic (exact) mass is 586 g/mol. The van der Waals surface area contributed by atoms with Gasteiger partial charge in [0.15, 0.2) is 17.0 Å². The number of aliphatic hydroxyl groups excluding tert-OH is 1. The third-order valence-electron chi connectivity index (χ3n) is 11.1. The van der Waals surface area contributed by atoms with E-state index in [0.717, 1.165) is 0 Å². The molecular weight excluding hydrogens is 552 g/mol. The topological polar surface area (TPSA) is 124 Å². The number of esters is 1. The number of Topliss-reactive ketones (excluding diaryl/α,β-unsaturated/α-hetero) is 1. The summed E-state index contributed by atoms with van der Waals surface area (Å²) in [4.78, 5) is 27.5. The smallest absolute Gasteiger partial charge is 0.338 e. The molecule has 3 heterocycles. The Labute approximate surface area is 249 Å². The van der Waals surface area contributed by atoms with Crippen LogP contribution >= 0.6 is 0 Å². The lowest BCUT2D eigenvalue weighted by Gasteiger charge is -2.61. The minimum atomic E-state index is -2.26. The Balaban J connectivity index is 1.40. The number of benzene rings is 2. The summed E-state index contributed by atoms with van der Waals surface area (Å²) >= 11 is 0. The fourth-order valence-electron chi connectivity index (χ4n) is 9.01. The minimum absolute atomic E-state index is 0.307. The lowest BCUT2D eigenvalue weighted by molar-refractivity contribution is -0.440. The van der Waals surface area contributed by atoms with E-state index in [1.165, 1.54) is 0 Å². The third-order valence-corrected chi connectivity index (χ3v) is 11.1. The molecule has 3 aliphatic heterocycles. The predicted molar refractivity (Wildman–Crippen MR) is 150 cm³/mol. The van der Waals surface area contributed by atoms with Crippen molar-refractivity contribution in [3.63, 3.8) is 0 Å². The van der Waals surface area contributed by atoms with Crippen molar-refractivity contribution in [3.05, 3.63) is 95.6 Å². The second kappa shape index (κ2) is 8.29. The molecule has 3 saturated heterocycles. The van der Waals surface area contributed by atoms with E-state index in [-0.39, 0.29) is 0 Å². The zero-order valence-electron chi connectivity index (χ0n) is 24.4. The van der Waals surface area contributed by atoms with Crippen LogP contribution in [0.15, 0.2) is 84.5 Å². The van der Waals surface area contributed by atoms with Gasteiger partial charge in [-0.15, -0.1) is 0 Å². The van der Waals surface area contributed by atoms with Gasteiger partial charge in [0.25, 0.3) is 0 Å². The van der Waals surface area contributed by atoms with E-state index in [4.69, 9.17) is 23.7 Å². The van der Waals surface area contributed by atoms with Crippen LogP contribution in [0.25, 0.3) is 0 Å². The Morgan fingerprint density at radius 2 is 1.65 bits per heavy atom. The second-order valence-corrected chi connectivity index (χ2v) is 13.2. The lowest BCUT2D eigenvalue weighted by atomic mass is 9.53. The molecule has 0 spiro atoms. The Morgan fingerprint density at radius 3 is 2.30 bits per heavy atom. The van der Waals surface area contributed by atoms with Crippen LogP contribution in [0.1, 0.15) is 43.6 Å². The fraction of sp³-hybridized carbons (Fsp3) is 0.471. The highest BCUT2D eigenvalue weighted by Gasteiger charge is 2.90. The summed E-state index contributed by atoms with van der Waals surface area (Å²) in [5.41, 5.74) is -4.59. The van der Waals surface area contributed by atoms with Crippen molar-refractivity contribution < 1.29 is 43.5 Å². The molecule has 0 aromatic heterocycles. The zero-order valence-corrected chi connectivity index (χ0v) is 24.4. The first kappa shape index (κ1) is 27.4. The summed E-state index contributed by atoms with van der Waals surface area (Å²) < 4.78 is 33.6. The van der Waals surface area contributed by atoms with E-state index >= 15 is 0 Å². The van der Waals surface area contributed by atoms with Gasteiger partial charge in [-0.2, -0.15) is 0 Å². The molecule has 9 nitrogen and oxygen atoms in total. The molecule has 3 bridgehead atoms. The molecule has 12 atom stereocenters. The van der Waals surface area contributed by atoms with Gasteiger partial charge < -0.3 is 33.9 Å². The van der Waals surface area contributed by atoms with Crippen molar-refractivity contribution in [2.24, 2.45) is 17.8 Å². The van der Waals surface area contributed by atoms with Crippen LogP contribution in [0, 0.1) is 17.8 Å². The van der Waals surface area contributed by atoms with Crippen LogP contribution in [-0.4, -0.2) is 68.8 Å². The number of carbonyl (C=O) groups is 2. The Bertz CT molecular complexity index is 1610. The molecule has 0 radical (unpaired) electrons. The minimum Gasteiger partial charge on any atom is -0.455 e. The SMILES string of the molecule is C=C(C)[C@@]12O[C@@]3(c4ccccc4)O[C@@H]1[C@@H]1[C@@H]4O[C@]4(C)[C@@H](O)[C@]4(O)C(=O)C(C)=C[C@H]4[C@@]1(O3)[C@H](C)[C@@H]2OC(=O)c1ccccc1. The highest BCUT2D eigenvalue weighted by molar-refractivity contribution is 6.05. The maximum absolute atomic E-state index is 13.8. The van der Waals surface area contributed by atoms with E-state index in [9.17, 15) is 19.8 Å². The Hall–Kier alpha value is -3.18. The fourth-order valence-corrected chi connectivity index (χ4v) is 9.01. The number of epoxide rings is 1. The molecule has 2 aromatic rings. The number of aliphatic hydroxyl groups is 2. The van der Waals surface area contributed by atoms with Crippen molar-refractivity contribution in [1.82, 2.24) is 0 Å². The van der Waals surface area contributed by atoms with Gasteiger partial charge in [0.2, 0.25) is 0 Å². The normalized spacial score (nSPS) is 48.5. The van der Waals surface area contributed by atoms with Crippen molar-refractivity contribution in [3.8, 4) is 0 Å². The number of ether oxygens (including phenoxy) is 5. The molecule has 2 aromatic carbocycles. The van der Waals surface area contributed by atoms with Crippen LogP contribution in [-0.2, 0) is 34.5 Å². The number of hydrogen-bond donors (Lipinski definition) is 2. The standard InChI is InChI=1S/C34H34O9/c1-17(2)32-25(39-28(36)20-12-8-6-9-13-20)19(4)33-22-16-18(3)24(35)31(22,38)29(37)30(5)26(40-30)23(33)27(32)41-34(42-32,43-33)21-14-10-7-11-15-21/h6-16,19,22-23,25-27,29,37-38H,1H2,2-5H3/t19-,22-,23+,25+,26+,27-,29-,30+,31-,32+,33+,34-/m1/s1. The molecule has 6 aliphatic rings. The largest absolute Gasteiger partial charge is 0.455 e. The average Bonchev–Trinajstić information content (AvgIpc) is 3.55. The van der Waals surface area contributed by atoms with E-state index in [0.29, 0.717) is 22.3 Å². The van der Waals surface area contributed by atoms with Gasteiger partial charge in [0.05, 0.1) is 17.3 Å². The number of fused-ring (bicyclic) bond motifs is 3. The highest BCUT2D eigenvalue weighted by atomic mass is 16.9. The first-order valence-corrected chi connectivity index (χ1v) is 14.7. The quantitative estimate of drug-likeness (QED) is 0.316. The molecule has 2 saturated carbocycles. The maximum atomic E-state index is 13.8. The summed E-state index contributed by atoms with van der Waals surface area (Å²) in [6.07, 6.45) is -2.37. The zero-order chi connectivity index (χ0) is 30.3. The van der Waals surface area contributed by atoms with Gasteiger partial charge in [-0.1, -0.05) is 68.1 Å². The molecule has 2 N–H and O–H groups in total. The van der Waals surface area contributed by atoms with Crippen LogP contribution in [0.4, 0.5) is 0 Å². The Morgan fingerprint density at radius 1 is 1.00 bits per heavy atom. The Kier molecular flexibility index (Phi) is 5.28. The van der Waals surface area contributed by atoms with E-state index in [1.54, 1.807) is 44.2 Å². The van der Waals surface area contributed by atoms with Crippen LogP contribution < -0.4 is 0 Å². The van der Waals surface area contributed by atoms with Gasteiger partial charge in [0, 0.05) is 23.3 Å². The number of rotatable bonds is 4. The molecule has 43 heavy (non-hydrogen) atoms. The number of hydrogen-bond acceptors (Lipinski definition) is 9. The summed E-state index contributed by atoms with van der Waals surface area (Å²) in [5.74, 6) is -5.32. The summed E-state index contributed by atoms with van der Waals surface area (Å²) in [5, 5.41) is 24.1. The predicted octanol–water partition coefficient (Wildman–Crippen LogP) is 3.20. The third kappa shape index (κ3) is 2.98. The van der Waals surface area contributed by atoms with Crippen LogP contribution in [0.2, 0.25) is 0 Å². The first-order valence-electron chi connectivity index (χ1n) is 14.7. The molecule has 9 heteroatoms. The van der Waals surface area contributed by atoms with E-state index in [1.807, 2.05) is 50.2 Å². The number of ketones is 1. The maximum Gasteiger partial charge on any atom is 0.338 e. The first-order chi connectivity index (χ1) is 20.4. The van der Waals surface area contributed by atoms with Crippen LogP contribution in [0.5, 0.6) is 0 Å². The van der Waals surface area contributed by atoms with E-state index < -0.39 is 82.3 Å². The molecule has 0 unspecified atom stereocenters. The second-order valence-electron chi connectivity index (χ2n) is 13.2. The van der Waals surface area contributed by atoms with Crippen LogP contribution in [0.3, 0.4) is 0 Å². The molecule has 5 fully saturated rings. The van der Waals surface area contributed by atoms with Crippen molar-refractivity contribution >= 4 is 11.8 Å². The van der Waals surface area contributed by atoms with Gasteiger partial charge in [-0.3, -0.25) is 4.79 Å². The summed E-state index contributed by atoms with van der Waals surface area (Å²) in [7, 11) is 0. The summed E-state index contributed by atoms with van der Waals surface area (Å²) in [6, 6.07) is 17.8. The summed E-state index contributed by atoms with van der Waals surface area (Å²) in [6.45, 7) is 11.3. The molecular formula is C34H34O9. The average molecular weight is 587 g/mol. The van der Waals surface area contributed by atoms with Crippen molar-refractivity contribution in [1.29, 1.82) is 0 Å². The van der Waals surface area contributed by atoms with Crippen molar-refractivity contribution in [2.75, 3.05) is 0 Å². The molecule has 0 amide bonds. The lowest BCUT2D eigenvalue weighted by Crippen LogP contribution is -2.76. The highest BCUT2D eigenvalue weighted by Crippen LogP contribution is 2.74. The van der Waals surface area contributed by atoms with Gasteiger partial charge in [0.1, 0.15) is 23.9 Å². The van der Waals surface area contributed by atoms with Gasteiger partial charge >= 0.3 is 11.9 Å². The van der Waals surface area contributed by atoms with Gasteiger partial charge in [-0.25, -0.2) is 4.79 Å². The van der Waals surface area contributed by atoms with Gasteiger partial charge in [-0.05, 0) is 44.1 Å². The molecule has 8 rings (SSSR count). The number of carbonyl (C=O) groups excluding carboxylic acids is 2. The van der Waals surface area contributed by atoms with Crippen molar-refractivity contribution in [2.45, 2.75) is 80.5 Å². The molecule has 224 valence electrons.